The number of carbonyl (C=O) groups is 1. The smallest absolute Gasteiger partial charge is 0.223 e. The predicted molar refractivity (Wildman–Crippen MR) is 144 cm³/mol. The zero-order valence-corrected chi connectivity index (χ0v) is 22.1. The van der Waals surface area contributed by atoms with Crippen molar-refractivity contribution in [3.63, 3.8) is 0 Å². The average Bonchev–Trinajstić information content (AvgIpc) is 3.14. The number of benzene rings is 2. The number of amides is 1. The van der Waals surface area contributed by atoms with Crippen LogP contribution in [0, 0.1) is 11.7 Å². The fourth-order valence-electron chi connectivity index (χ4n) is 3.97. The molecule has 0 radical (unpaired) electrons. The molecule has 5 nitrogen and oxygen atoms in total. The lowest BCUT2D eigenvalue weighted by molar-refractivity contribution is -0.127. The summed E-state index contributed by atoms with van der Waals surface area (Å²) in [7, 11) is 0. The maximum atomic E-state index is 13.3. The number of hydrogen-bond donors (Lipinski definition) is 2. The molecule has 1 unspecified atom stereocenters. The highest BCUT2D eigenvalue weighted by atomic mass is 127. The van der Waals surface area contributed by atoms with Gasteiger partial charge in [0, 0.05) is 43.9 Å². The van der Waals surface area contributed by atoms with E-state index in [2.05, 4.69) is 36.6 Å². The van der Waals surface area contributed by atoms with Gasteiger partial charge in [0.1, 0.15) is 5.82 Å². The SMILES string of the molecule is CCNC(=NCC(C)(C)c1ccc(F)cc1)NCC1CC(=O)N(CCc2ccccc2)C1.I. The van der Waals surface area contributed by atoms with Crippen LogP contribution in [0.5, 0.6) is 0 Å². The monoisotopic (exact) mass is 566 g/mol. The summed E-state index contributed by atoms with van der Waals surface area (Å²) in [6, 6.07) is 16.9. The first-order chi connectivity index (χ1) is 15.4. The predicted octanol–water partition coefficient (Wildman–Crippen LogP) is 4.37. The largest absolute Gasteiger partial charge is 0.357 e. The number of nitrogens with zero attached hydrogens (tertiary/aromatic N) is 2. The maximum absolute atomic E-state index is 13.3. The van der Waals surface area contributed by atoms with Crippen LogP contribution in [0.3, 0.4) is 0 Å². The van der Waals surface area contributed by atoms with Crippen LogP contribution >= 0.6 is 24.0 Å². The summed E-state index contributed by atoms with van der Waals surface area (Å²) in [5.74, 6) is 1.02. The fourth-order valence-corrected chi connectivity index (χ4v) is 3.97. The van der Waals surface area contributed by atoms with E-state index in [4.69, 9.17) is 4.99 Å². The molecule has 0 bridgehead atoms. The highest BCUT2D eigenvalue weighted by Crippen LogP contribution is 2.24. The summed E-state index contributed by atoms with van der Waals surface area (Å²) >= 11 is 0. The van der Waals surface area contributed by atoms with Gasteiger partial charge in [-0.2, -0.15) is 0 Å². The highest BCUT2D eigenvalue weighted by molar-refractivity contribution is 14.0. The zero-order chi connectivity index (χ0) is 23.0. The number of likely N-dealkylation sites (tertiary alicyclic amines) is 1. The van der Waals surface area contributed by atoms with Crippen molar-refractivity contribution in [1.29, 1.82) is 0 Å². The molecule has 3 rings (SSSR count). The summed E-state index contributed by atoms with van der Waals surface area (Å²) < 4.78 is 13.3. The molecule has 1 fully saturated rings. The van der Waals surface area contributed by atoms with Crippen LogP contribution in [0.2, 0.25) is 0 Å². The molecule has 7 heteroatoms. The minimum absolute atomic E-state index is 0. The molecule has 2 aromatic rings. The normalized spacial score (nSPS) is 16.5. The van der Waals surface area contributed by atoms with E-state index in [1.165, 1.54) is 17.7 Å². The lowest BCUT2D eigenvalue weighted by Crippen LogP contribution is -2.41. The van der Waals surface area contributed by atoms with Gasteiger partial charge < -0.3 is 15.5 Å². The molecule has 0 saturated carbocycles. The third-order valence-corrected chi connectivity index (χ3v) is 5.97. The summed E-state index contributed by atoms with van der Waals surface area (Å²) in [5, 5.41) is 6.70. The van der Waals surface area contributed by atoms with Gasteiger partial charge in [-0.25, -0.2) is 4.39 Å². The molecule has 1 atom stereocenters. The first-order valence-electron chi connectivity index (χ1n) is 11.5. The molecule has 1 amide bonds. The van der Waals surface area contributed by atoms with Crippen molar-refractivity contribution in [2.45, 2.75) is 39.0 Å². The van der Waals surface area contributed by atoms with Crippen LogP contribution in [0.1, 0.15) is 38.3 Å². The molecular formula is C26H36FIN4O. The van der Waals surface area contributed by atoms with E-state index in [-0.39, 0.29) is 47.0 Å². The van der Waals surface area contributed by atoms with Crippen LogP contribution in [-0.4, -0.2) is 49.5 Å². The summed E-state index contributed by atoms with van der Waals surface area (Å²) in [6.07, 6.45) is 1.46. The van der Waals surface area contributed by atoms with Crippen molar-refractivity contribution in [3.05, 3.63) is 71.5 Å². The van der Waals surface area contributed by atoms with Gasteiger partial charge in [-0.05, 0) is 36.6 Å². The van der Waals surface area contributed by atoms with E-state index in [1.54, 1.807) is 0 Å². The Balaban J connectivity index is 0.00000385. The number of carbonyl (C=O) groups excluding carboxylic acids is 1. The molecule has 1 aliphatic rings. The standard InChI is InChI=1S/C26H35FN4O.HI/c1-4-28-25(30-19-26(2,3)22-10-12-23(27)13-11-22)29-17-21-16-24(32)31(18-21)15-14-20-8-6-5-7-9-20;/h5-13,21H,4,14-19H2,1-3H3,(H2,28,29,30);1H. The Morgan fingerprint density at radius 3 is 2.48 bits per heavy atom. The minimum Gasteiger partial charge on any atom is -0.357 e. The van der Waals surface area contributed by atoms with Crippen LogP contribution in [-0.2, 0) is 16.6 Å². The molecule has 2 N–H and O–H groups in total. The Kier molecular flexibility index (Phi) is 10.6. The van der Waals surface area contributed by atoms with Gasteiger partial charge in [0.25, 0.3) is 0 Å². The quantitative estimate of drug-likeness (QED) is 0.270. The minimum atomic E-state index is -0.230. The number of guanidine groups is 1. The van der Waals surface area contributed by atoms with E-state index < -0.39 is 0 Å². The van der Waals surface area contributed by atoms with Crippen LogP contribution in [0.25, 0.3) is 0 Å². The van der Waals surface area contributed by atoms with Gasteiger partial charge in [-0.15, -0.1) is 24.0 Å². The van der Waals surface area contributed by atoms with E-state index in [1.807, 2.05) is 42.2 Å². The number of hydrogen-bond acceptors (Lipinski definition) is 2. The average molecular weight is 567 g/mol. The molecule has 33 heavy (non-hydrogen) atoms. The molecule has 1 heterocycles. The van der Waals surface area contributed by atoms with Crippen molar-refractivity contribution < 1.29 is 9.18 Å². The van der Waals surface area contributed by atoms with Gasteiger partial charge in [-0.1, -0.05) is 56.3 Å². The van der Waals surface area contributed by atoms with E-state index in [9.17, 15) is 9.18 Å². The molecule has 0 aromatic heterocycles. The van der Waals surface area contributed by atoms with Crippen molar-refractivity contribution in [1.82, 2.24) is 15.5 Å². The Morgan fingerprint density at radius 1 is 1.12 bits per heavy atom. The van der Waals surface area contributed by atoms with E-state index in [0.717, 1.165) is 37.6 Å². The third-order valence-electron chi connectivity index (χ3n) is 5.97. The number of nitrogens with one attached hydrogen (secondary N) is 2. The van der Waals surface area contributed by atoms with Crippen molar-refractivity contribution in [2.75, 3.05) is 32.7 Å². The van der Waals surface area contributed by atoms with Crippen molar-refractivity contribution >= 4 is 35.8 Å². The molecule has 0 spiro atoms. The van der Waals surface area contributed by atoms with Gasteiger partial charge in [0.05, 0.1) is 6.54 Å². The van der Waals surface area contributed by atoms with E-state index >= 15 is 0 Å². The first kappa shape index (κ1) is 27.1. The van der Waals surface area contributed by atoms with Crippen molar-refractivity contribution in [2.24, 2.45) is 10.9 Å². The van der Waals surface area contributed by atoms with Gasteiger partial charge in [0.2, 0.25) is 5.91 Å². The lowest BCUT2D eigenvalue weighted by atomic mass is 9.85. The summed E-state index contributed by atoms with van der Waals surface area (Å²) in [4.78, 5) is 19.2. The maximum Gasteiger partial charge on any atom is 0.223 e. The van der Waals surface area contributed by atoms with Gasteiger partial charge in [0.15, 0.2) is 5.96 Å². The molecule has 1 saturated heterocycles. The fraction of sp³-hybridized carbons (Fsp3) is 0.462. The van der Waals surface area contributed by atoms with Crippen LogP contribution in [0.15, 0.2) is 59.6 Å². The van der Waals surface area contributed by atoms with Gasteiger partial charge in [-0.3, -0.25) is 9.79 Å². The second-order valence-corrected chi connectivity index (χ2v) is 9.11. The molecule has 2 aromatic carbocycles. The Morgan fingerprint density at radius 2 is 1.82 bits per heavy atom. The molecule has 1 aliphatic heterocycles. The third kappa shape index (κ3) is 8.28. The van der Waals surface area contributed by atoms with Crippen molar-refractivity contribution in [3.8, 4) is 0 Å². The molecular weight excluding hydrogens is 530 g/mol. The van der Waals surface area contributed by atoms with E-state index in [0.29, 0.717) is 19.5 Å². The lowest BCUT2D eigenvalue weighted by Gasteiger charge is -2.24. The summed E-state index contributed by atoms with van der Waals surface area (Å²) in [5.41, 5.74) is 2.09. The number of aliphatic imine (C=N–C) groups is 1. The Bertz CT molecular complexity index is 902. The second-order valence-electron chi connectivity index (χ2n) is 9.11. The topological polar surface area (TPSA) is 56.7 Å². The zero-order valence-electron chi connectivity index (χ0n) is 19.8. The summed E-state index contributed by atoms with van der Waals surface area (Å²) in [6.45, 7) is 9.82. The number of rotatable bonds is 9. The molecule has 0 aliphatic carbocycles. The second kappa shape index (κ2) is 12.9. The van der Waals surface area contributed by atoms with Crippen LogP contribution < -0.4 is 10.6 Å². The Labute approximate surface area is 214 Å². The van der Waals surface area contributed by atoms with Gasteiger partial charge >= 0.3 is 0 Å². The van der Waals surface area contributed by atoms with Crippen LogP contribution in [0.4, 0.5) is 4.39 Å². The number of halogens is 2. The molecule has 180 valence electrons. The Hall–Kier alpha value is -2.16. The first-order valence-corrected chi connectivity index (χ1v) is 11.5. The highest BCUT2D eigenvalue weighted by Gasteiger charge is 2.29.